The maximum absolute atomic E-state index is 14.4. The summed E-state index contributed by atoms with van der Waals surface area (Å²) in [5, 5.41) is 13.3. The van der Waals surface area contributed by atoms with Crippen molar-refractivity contribution in [2.24, 2.45) is 17.4 Å². The number of rotatable bonds is 8. The SMILES string of the molecule is COc1ccccc1Oc1ccc(C2(N)C(=O)C(N)c3c(C(=O)NC4CCCN(C(=O)/C(C#N)=C/C5CC5)C4)sc4c(N)ccc2c34)c(C)c1. The van der Waals surface area contributed by atoms with Crippen molar-refractivity contribution in [2.75, 3.05) is 25.9 Å². The fraction of sp³-hybridized carbons (Fsp3) is 0.316. The van der Waals surface area contributed by atoms with Crippen LogP contribution in [0.2, 0.25) is 0 Å². The summed E-state index contributed by atoms with van der Waals surface area (Å²) in [6, 6.07) is 16.6. The molecule has 0 bridgehead atoms. The summed E-state index contributed by atoms with van der Waals surface area (Å²) in [7, 11) is 1.57. The molecule has 0 spiro atoms. The average Bonchev–Trinajstić information content (AvgIpc) is 3.85. The third-order valence-electron chi connectivity index (χ3n) is 9.86. The number of anilines is 1. The highest BCUT2D eigenvalue weighted by molar-refractivity contribution is 7.21. The molecular formula is C38H38N6O5S. The molecule has 2 amide bonds. The lowest BCUT2D eigenvalue weighted by molar-refractivity contribution is -0.128. The van der Waals surface area contributed by atoms with Gasteiger partial charge in [0.25, 0.3) is 11.8 Å². The van der Waals surface area contributed by atoms with Gasteiger partial charge in [-0.15, -0.1) is 11.3 Å². The number of ketones is 1. The molecule has 2 aliphatic carbocycles. The fourth-order valence-corrected chi connectivity index (χ4v) is 8.36. The number of aryl methyl sites for hydroxylation is 1. The minimum atomic E-state index is -1.63. The Balaban J connectivity index is 1.20. The van der Waals surface area contributed by atoms with Gasteiger partial charge in [-0.2, -0.15) is 5.26 Å². The number of amides is 2. The van der Waals surface area contributed by atoms with Crippen LogP contribution in [-0.4, -0.2) is 48.7 Å². The van der Waals surface area contributed by atoms with E-state index in [1.165, 1.54) is 11.3 Å². The van der Waals surface area contributed by atoms with Gasteiger partial charge in [0.15, 0.2) is 17.3 Å². The molecular weight excluding hydrogens is 653 g/mol. The van der Waals surface area contributed by atoms with E-state index in [0.29, 0.717) is 74.7 Å². The van der Waals surface area contributed by atoms with E-state index in [4.69, 9.17) is 26.7 Å². The van der Waals surface area contributed by atoms with Crippen molar-refractivity contribution in [3.05, 3.63) is 93.4 Å². The zero-order chi connectivity index (χ0) is 35.3. The largest absolute Gasteiger partial charge is 0.493 e. The first-order valence-corrected chi connectivity index (χ1v) is 17.4. The topological polar surface area (TPSA) is 187 Å². The molecule has 11 nitrogen and oxygen atoms in total. The standard InChI is InChI=1S/C38H38N6O5S/c1-20-16-24(49-29-8-4-3-7-28(29)48-2)11-12-25(20)38(42)26-13-14-27(40)33-30(26)31(32(41)35(38)45)34(50-33)36(46)43-23-6-5-15-44(19-23)37(47)22(18-39)17-21-9-10-21/h3-4,7-8,11-14,16-17,21,23,32H,5-6,9-10,15,19,40-42H2,1-2H3,(H,43,46)/b22-17+. The minimum absolute atomic E-state index is 0.153. The molecule has 3 unspecified atom stereocenters. The van der Waals surface area contributed by atoms with Gasteiger partial charge in [0.05, 0.1) is 22.7 Å². The van der Waals surface area contributed by atoms with Crippen LogP contribution in [0.1, 0.15) is 63.7 Å². The van der Waals surface area contributed by atoms with Gasteiger partial charge in [0, 0.05) is 35.8 Å². The molecule has 4 aromatic rings. The first-order chi connectivity index (χ1) is 24.0. The highest BCUT2D eigenvalue weighted by Gasteiger charge is 2.49. The molecule has 12 heteroatoms. The number of nitrogens with two attached hydrogens (primary N) is 3. The quantitative estimate of drug-likeness (QED) is 0.113. The van der Waals surface area contributed by atoms with Crippen molar-refractivity contribution in [3.63, 3.8) is 0 Å². The van der Waals surface area contributed by atoms with E-state index in [1.54, 1.807) is 54.5 Å². The minimum Gasteiger partial charge on any atom is -0.493 e. The summed E-state index contributed by atoms with van der Waals surface area (Å²) in [6.07, 6.45) is 5.07. The number of hydrogen-bond acceptors (Lipinski definition) is 10. The van der Waals surface area contributed by atoms with Crippen molar-refractivity contribution >= 4 is 44.7 Å². The van der Waals surface area contributed by atoms with Gasteiger partial charge in [-0.25, -0.2) is 0 Å². The molecule has 3 atom stereocenters. The van der Waals surface area contributed by atoms with Crippen LogP contribution in [0, 0.1) is 24.2 Å². The molecule has 50 heavy (non-hydrogen) atoms. The van der Waals surface area contributed by atoms with E-state index < -0.39 is 23.3 Å². The normalized spacial score (nSPS) is 21.9. The van der Waals surface area contributed by atoms with Crippen molar-refractivity contribution < 1.29 is 23.9 Å². The van der Waals surface area contributed by atoms with Gasteiger partial charge in [-0.1, -0.05) is 30.3 Å². The number of benzene rings is 3. The van der Waals surface area contributed by atoms with Crippen LogP contribution in [0.15, 0.2) is 66.2 Å². The molecule has 256 valence electrons. The number of ether oxygens (including phenoxy) is 2. The summed E-state index contributed by atoms with van der Waals surface area (Å²) in [6.45, 7) is 2.64. The van der Waals surface area contributed by atoms with Crippen LogP contribution in [0.5, 0.6) is 17.2 Å². The molecule has 7 N–H and O–H groups in total. The molecule has 1 aromatic heterocycles. The van der Waals surface area contributed by atoms with E-state index in [2.05, 4.69) is 11.4 Å². The van der Waals surface area contributed by atoms with Crippen LogP contribution in [0.3, 0.4) is 0 Å². The summed E-state index contributed by atoms with van der Waals surface area (Å²) in [4.78, 5) is 43.4. The number of Topliss-reactive ketones (excluding diaryl/α,β-unsaturated/α-hetero) is 1. The zero-order valence-corrected chi connectivity index (χ0v) is 28.6. The highest BCUT2D eigenvalue weighted by Crippen LogP contribution is 2.50. The van der Waals surface area contributed by atoms with Crippen LogP contribution >= 0.6 is 11.3 Å². The van der Waals surface area contributed by atoms with Crippen LogP contribution in [0.25, 0.3) is 10.1 Å². The van der Waals surface area contributed by atoms with E-state index in [1.807, 2.05) is 25.1 Å². The Morgan fingerprint density at radius 3 is 2.54 bits per heavy atom. The number of likely N-dealkylation sites (tertiary alicyclic amines) is 1. The smallest absolute Gasteiger partial charge is 0.264 e. The average molecular weight is 691 g/mol. The predicted octanol–water partition coefficient (Wildman–Crippen LogP) is 4.96. The Labute approximate surface area is 293 Å². The van der Waals surface area contributed by atoms with Gasteiger partial charge in [0.2, 0.25) is 0 Å². The predicted molar refractivity (Wildman–Crippen MR) is 191 cm³/mol. The number of nitrogen functional groups attached to an aromatic ring is 1. The second kappa shape index (κ2) is 12.9. The number of nitriles is 1. The number of para-hydroxylation sites is 2. The number of hydrogen-bond donors (Lipinski definition) is 4. The van der Waals surface area contributed by atoms with Crippen molar-refractivity contribution in [1.82, 2.24) is 10.2 Å². The molecule has 3 aromatic carbocycles. The molecule has 2 fully saturated rings. The third kappa shape index (κ3) is 5.67. The second-order valence-corrected chi connectivity index (χ2v) is 14.2. The maximum Gasteiger partial charge on any atom is 0.264 e. The number of nitrogens with zero attached hydrogens (tertiary/aromatic N) is 2. The lowest BCUT2D eigenvalue weighted by Crippen LogP contribution is -2.53. The monoisotopic (exact) mass is 690 g/mol. The number of carbonyl (C=O) groups is 3. The number of piperidine rings is 1. The van der Waals surface area contributed by atoms with Crippen LogP contribution in [-0.2, 0) is 15.1 Å². The third-order valence-corrected chi connectivity index (χ3v) is 11.1. The molecule has 2 heterocycles. The number of allylic oxidation sites excluding steroid dienone is 1. The first kappa shape index (κ1) is 33.3. The molecule has 1 saturated heterocycles. The fourth-order valence-electron chi connectivity index (χ4n) is 7.16. The van der Waals surface area contributed by atoms with Gasteiger partial charge >= 0.3 is 0 Å². The van der Waals surface area contributed by atoms with Crippen LogP contribution in [0.4, 0.5) is 5.69 Å². The number of methoxy groups -OCH3 is 1. The Morgan fingerprint density at radius 1 is 1.10 bits per heavy atom. The van der Waals surface area contributed by atoms with Gasteiger partial charge < -0.3 is 36.9 Å². The molecule has 1 saturated carbocycles. The first-order valence-electron chi connectivity index (χ1n) is 16.6. The molecule has 3 aliphatic rings. The zero-order valence-electron chi connectivity index (χ0n) is 27.8. The number of nitrogens with one attached hydrogen (secondary N) is 1. The summed E-state index contributed by atoms with van der Waals surface area (Å²) < 4.78 is 12.1. The summed E-state index contributed by atoms with van der Waals surface area (Å²) >= 11 is 1.18. The van der Waals surface area contributed by atoms with Gasteiger partial charge in [-0.3, -0.25) is 14.4 Å². The Bertz CT molecular complexity index is 2130. The van der Waals surface area contributed by atoms with Gasteiger partial charge in [-0.05, 0) is 85.5 Å². The summed E-state index contributed by atoms with van der Waals surface area (Å²) in [5.74, 6) is 0.781. The Kier molecular flexibility index (Phi) is 8.59. The van der Waals surface area contributed by atoms with E-state index in [-0.39, 0.29) is 34.9 Å². The molecule has 0 radical (unpaired) electrons. The number of thiophene rings is 1. The van der Waals surface area contributed by atoms with Crippen molar-refractivity contribution in [1.29, 1.82) is 5.26 Å². The maximum atomic E-state index is 14.4. The Morgan fingerprint density at radius 2 is 1.84 bits per heavy atom. The second-order valence-electron chi connectivity index (χ2n) is 13.2. The lowest BCUT2D eigenvalue weighted by atomic mass is 9.69. The van der Waals surface area contributed by atoms with E-state index >= 15 is 0 Å². The molecule has 1 aliphatic heterocycles. The highest BCUT2D eigenvalue weighted by atomic mass is 32.1. The van der Waals surface area contributed by atoms with E-state index in [9.17, 15) is 19.6 Å². The number of carbonyl (C=O) groups excluding carboxylic acids is 3. The summed E-state index contributed by atoms with van der Waals surface area (Å²) in [5.41, 5.74) is 21.5. The van der Waals surface area contributed by atoms with E-state index in [0.717, 1.165) is 12.8 Å². The van der Waals surface area contributed by atoms with Gasteiger partial charge in [0.1, 0.15) is 22.9 Å². The lowest BCUT2D eigenvalue weighted by Gasteiger charge is -2.37. The Hall–Kier alpha value is -5.22. The molecule has 7 rings (SSSR count). The van der Waals surface area contributed by atoms with Crippen molar-refractivity contribution in [3.8, 4) is 23.3 Å². The van der Waals surface area contributed by atoms with Crippen LogP contribution < -0.4 is 32.0 Å². The van der Waals surface area contributed by atoms with Crippen molar-refractivity contribution in [2.45, 2.75) is 50.2 Å².